The Labute approximate surface area is 203 Å². The topological polar surface area (TPSA) is 170 Å². The van der Waals surface area contributed by atoms with Crippen molar-refractivity contribution >= 4 is 24.4 Å². The number of carboxylic acid groups (broad SMARTS) is 1. The summed E-state index contributed by atoms with van der Waals surface area (Å²) in [4.78, 5) is 47.2. The molecule has 0 heterocycles. The summed E-state index contributed by atoms with van der Waals surface area (Å²) in [5.41, 5.74) is 6.27. The van der Waals surface area contributed by atoms with Crippen LogP contribution in [0.25, 0.3) is 0 Å². The van der Waals surface area contributed by atoms with Crippen LogP contribution in [0.5, 0.6) is 11.5 Å². The van der Waals surface area contributed by atoms with E-state index in [0.717, 1.165) is 0 Å². The molecule has 0 amide bonds. The van der Waals surface area contributed by atoms with Crippen LogP contribution in [0.15, 0.2) is 18.2 Å². The van der Waals surface area contributed by atoms with Gasteiger partial charge in [0.25, 0.3) is 0 Å². The number of carboxylic acids is 1. The summed E-state index contributed by atoms with van der Waals surface area (Å²) in [6.45, 7) is 8.57. The molecule has 3 atom stereocenters. The Hall–Kier alpha value is -3.54. The lowest BCUT2D eigenvalue weighted by Crippen LogP contribution is -2.40. The molecule has 1 aromatic carbocycles. The monoisotopic (exact) mass is 499 g/mol. The molecular formula is C23H33NO11. The van der Waals surface area contributed by atoms with E-state index >= 15 is 0 Å². The fraction of sp³-hybridized carbons (Fsp3) is 0.565. The van der Waals surface area contributed by atoms with Gasteiger partial charge in [0.2, 0.25) is 0 Å². The minimum atomic E-state index is -1.41. The Morgan fingerprint density at radius 2 is 1.37 bits per heavy atom. The first-order chi connectivity index (χ1) is 16.5. The highest BCUT2D eigenvalue weighted by atomic mass is 16.7. The quantitative estimate of drug-likeness (QED) is 0.243. The highest BCUT2D eigenvalue weighted by molar-refractivity contribution is 5.75. The number of rotatable bonds is 12. The summed E-state index contributed by atoms with van der Waals surface area (Å²) in [5.74, 6) is -3.07. The van der Waals surface area contributed by atoms with Crippen LogP contribution >= 0.6 is 0 Å². The fourth-order valence-electron chi connectivity index (χ4n) is 2.99. The lowest BCUT2D eigenvalue weighted by atomic mass is 9.82. The van der Waals surface area contributed by atoms with Gasteiger partial charge in [-0.2, -0.15) is 0 Å². The van der Waals surface area contributed by atoms with Gasteiger partial charge in [-0.15, -0.1) is 0 Å². The Morgan fingerprint density at radius 1 is 0.829 bits per heavy atom. The Bertz CT molecular complexity index is 871. The van der Waals surface area contributed by atoms with Crippen molar-refractivity contribution in [2.75, 3.05) is 26.4 Å². The zero-order valence-electron chi connectivity index (χ0n) is 20.5. The number of ether oxygens (including phenoxy) is 6. The van der Waals surface area contributed by atoms with E-state index in [-0.39, 0.29) is 43.8 Å². The van der Waals surface area contributed by atoms with Gasteiger partial charge in [-0.3, -0.25) is 4.79 Å². The van der Waals surface area contributed by atoms with Crippen LogP contribution in [0.4, 0.5) is 14.4 Å². The summed E-state index contributed by atoms with van der Waals surface area (Å²) in [6.07, 6.45) is -2.99. The van der Waals surface area contributed by atoms with Crippen molar-refractivity contribution in [2.45, 2.75) is 46.6 Å². The van der Waals surface area contributed by atoms with E-state index in [1.165, 1.54) is 18.2 Å². The number of hydrogen-bond donors (Lipinski definition) is 2. The Kier molecular flexibility index (Phi) is 12.4. The second kappa shape index (κ2) is 14.7. The van der Waals surface area contributed by atoms with Gasteiger partial charge in [-0.25, -0.2) is 14.4 Å². The molecule has 0 aliphatic rings. The van der Waals surface area contributed by atoms with Crippen LogP contribution in [0, 0.1) is 11.8 Å². The smallest absolute Gasteiger partial charge is 0.480 e. The van der Waals surface area contributed by atoms with Gasteiger partial charge < -0.3 is 39.3 Å². The molecule has 0 aliphatic carbocycles. The molecular weight excluding hydrogens is 466 g/mol. The molecule has 2 unspecified atom stereocenters. The normalized spacial score (nSPS) is 13.2. The molecule has 0 saturated heterocycles. The second-order valence-corrected chi connectivity index (χ2v) is 7.91. The molecule has 0 radical (unpaired) electrons. The van der Waals surface area contributed by atoms with Gasteiger partial charge in [0.15, 0.2) is 11.5 Å². The Morgan fingerprint density at radius 3 is 1.89 bits per heavy atom. The van der Waals surface area contributed by atoms with Crippen LogP contribution in [-0.4, -0.2) is 62.0 Å². The number of aliphatic carboxylic acids is 1. The molecule has 0 aromatic heterocycles. The predicted molar refractivity (Wildman–Crippen MR) is 121 cm³/mol. The maximum absolute atomic E-state index is 11.9. The average molecular weight is 500 g/mol. The number of nitrogens with two attached hydrogens (primary N) is 1. The number of hydrogen-bond acceptors (Lipinski definition) is 11. The SMILES string of the molecule is CCOC(=O)Oc1ccc(C(C(C)COC(=O)OCC(C)C)[C@H](N)C(=O)O)cc1OC(=O)OCC. The third kappa shape index (κ3) is 10.1. The van der Waals surface area contributed by atoms with Crippen molar-refractivity contribution in [1.29, 1.82) is 0 Å². The van der Waals surface area contributed by atoms with Crippen molar-refractivity contribution in [3.8, 4) is 11.5 Å². The highest BCUT2D eigenvalue weighted by Crippen LogP contribution is 2.36. The average Bonchev–Trinajstić information content (AvgIpc) is 2.78. The van der Waals surface area contributed by atoms with E-state index in [9.17, 15) is 24.3 Å². The molecule has 3 N–H and O–H groups in total. The molecule has 0 bridgehead atoms. The molecule has 12 heteroatoms. The third-order valence-corrected chi connectivity index (χ3v) is 4.55. The van der Waals surface area contributed by atoms with E-state index in [4.69, 9.17) is 34.2 Å². The minimum Gasteiger partial charge on any atom is -0.480 e. The van der Waals surface area contributed by atoms with E-state index in [2.05, 4.69) is 0 Å². The van der Waals surface area contributed by atoms with Gasteiger partial charge in [-0.1, -0.05) is 26.8 Å². The van der Waals surface area contributed by atoms with Crippen molar-refractivity contribution in [1.82, 2.24) is 0 Å². The second-order valence-electron chi connectivity index (χ2n) is 7.91. The summed E-state index contributed by atoms with van der Waals surface area (Å²) >= 11 is 0. The molecule has 1 aromatic rings. The van der Waals surface area contributed by atoms with Crippen molar-refractivity contribution in [3.05, 3.63) is 23.8 Å². The number of benzene rings is 1. The first-order valence-electron chi connectivity index (χ1n) is 11.1. The maximum Gasteiger partial charge on any atom is 0.513 e. The van der Waals surface area contributed by atoms with Crippen molar-refractivity contribution < 1.29 is 52.7 Å². The van der Waals surface area contributed by atoms with Crippen LogP contribution in [0.3, 0.4) is 0 Å². The summed E-state index contributed by atoms with van der Waals surface area (Å²) < 4.78 is 29.8. The van der Waals surface area contributed by atoms with Crippen molar-refractivity contribution in [2.24, 2.45) is 17.6 Å². The summed E-state index contributed by atoms with van der Waals surface area (Å²) in [6, 6.07) is 2.64. The molecule has 0 spiro atoms. The number of carbonyl (C=O) groups excluding carboxylic acids is 3. The van der Waals surface area contributed by atoms with Crippen LogP contribution < -0.4 is 15.2 Å². The first-order valence-corrected chi connectivity index (χ1v) is 11.1. The maximum atomic E-state index is 11.9. The van der Waals surface area contributed by atoms with Gasteiger partial charge in [0.05, 0.1) is 26.4 Å². The number of carbonyl (C=O) groups is 4. The van der Waals surface area contributed by atoms with Crippen LogP contribution in [-0.2, 0) is 23.7 Å². The zero-order chi connectivity index (χ0) is 26.5. The van der Waals surface area contributed by atoms with Crippen LogP contribution in [0.2, 0.25) is 0 Å². The molecule has 1 rings (SSSR count). The summed E-state index contributed by atoms with van der Waals surface area (Å²) in [5, 5.41) is 9.55. The molecule has 35 heavy (non-hydrogen) atoms. The lowest BCUT2D eigenvalue weighted by Gasteiger charge is -2.28. The lowest BCUT2D eigenvalue weighted by molar-refractivity contribution is -0.139. The molecule has 12 nitrogen and oxygen atoms in total. The van der Waals surface area contributed by atoms with Gasteiger partial charge in [0, 0.05) is 5.92 Å². The van der Waals surface area contributed by atoms with E-state index in [0.29, 0.717) is 5.56 Å². The Balaban J connectivity index is 3.25. The minimum absolute atomic E-state index is 0.0282. The van der Waals surface area contributed by atoms with Gasteiger partial charge in [0.1, 0.15) is 6.04 Å². The van der Waals surface area contributed by atoms with Crippen LogP contribution in [0.1, 0.15) is 46.1 Å². The molecule has 0 fully saturated rings. The highest BCUT2D eigenvalue weighted by Gasteiger charge is 2.33. The van der Waals surface area contributed by atoms with E-state index < -0.39 is 42.3 Å². The predicted octanol–water partition coefficient (Wildman–Crippen LogP) is 3.70. The van der Waals surface area contributed by atoms with E-state index in [1.807, 2.05) is 13.8 Å². The summed E-state index contributed by atoms with van der Waals surface area (Å²) in [7, 11) is 0. The molecule has 196 valence electrons. The van der Waals surface area contributed by atoms with Gasteiger partial charge >= 0.3 is 24.4 Å². The molecule has 0 aliphatic heterocycles. The first kappa shape index (κ1) is 29.5. The zero-order valence-corrected chi connectivity index (χ0v) is 20.5. The third-order valence-electron chi connectivity index (χ3n) is 4.55. The van der Waals surface area contributed by atoms with Gasteiger partial charge in [-0.05, 0) is 43.4 Å². The fourth-order valence-corrected chi connectivity index (χ4v) is 2.99. The van der Waals surface area contributed by atoms with E-state index in [1.54, 1.807) is 20.8 Å². The largest absolute Gasteiger partial charge is 0.513 e. The standard InChI is InChI=1S/C23H33NO11/c1-6-30-22(28)34-16-9-8-15(10-17(16)35-23(29)31-7-2)18(19(24)20(25)26)14(5)12-33-21(27)32-11-13(3)4/h8-10,13-14,18-19H,6-7,11-12,24H2,1-5H3,(H,25,26)/t14?,18?,19-/m0/s1. The van der Waals surface area contributed by atoms with Crippen molar-refractivity contribution in [3.63, 3.8) is 0 Å². The molecule has 0 saturated carbocycles.